The van der Waals surface area contributed by atoms with Gasteiger partial charge in [0.15, 0.2) is 0 Å². The predicted molar refractivity (Wildman–Crippen MR) is 83.5 cm³/mol. The molecule has 0 saturated heterocycles. The summed E-state index contributed by atoms with van der Waals surface area (Å²) in [6.07, 6.45) is 13.1. The lowest BCUT2D eigenvalue weighted by molar-refractivity contribution is 0.172. The molecule has 2 N–H and O–H groups in total. The number of hydrogen-bond donors (Lipinski definition) is 2. The lowest BCUT2D eigenvalue weighted by Gasteiger charge is -2.12. The van der Waals surface area contributed by atoms with E-state index in [2.05, 4.69) is 30.3 Å². The van der Waals surface area contributed by atoms with Crippen LogP contribution in [0.2, 0.25) is 0 Å². The van der Waals surface area contributed by atoms with Crippen LogP contribution in [0.25, 0.3) is 0 Å². The molecule has 0 aromatic carbocycles. The Balaban J connectivity index is 3.94. The standard InChI is InChI=1S/C18H24O2/c1-5-10-17(19)12-9-7-8-11-16(6-2)13-14-18(20)15(3)4/h1-2,16-20H,3,9-14H2,4H3. The summed E-state index contributed by atoms with van der Waals surface area (Å²) in [6.45, 7) is 5.51. The molecule has 108 valence electrons. The van der Waals surface area contributed by atoms with Gasteiger partial charge in [-0.1, -0.05) is 12.2 Å². The summed E-state index contributed by atoms with van der Waals surface area (Å²) in [4.78, 5) is 0. The van der Waals surface area contributed by atoms with Gasteiger partial charge in [0, 0.05) is 25.2 Å². The van der Waals surface area contributed by atoms with Crippen LogP contribution in [-0.4, -0.2) is 22.4 Å². The lowest BCUT2D eigenvalue weighted by Crippen LogP contribution is -2.09. The molecule has 2 heteroatoms. The van der Waals surface area contributed by atoms with Gasteiger partial charge >= 0.3 is 0 Å². The summed E-state index contributed by atoms with van der Waals surface area (Å²) in [5.74, 6) is 11.2. The number of aliphatic hydroxyl groups excluding tert-OH is 2. The first-order chi connectivity index (χ1) is 9.51. The predicted octanol–water partition coefficient (Wildman–Crippen LogP) is 2.51. The van der Waals surface area contributed by atoms with E-state index in [1.807, 2.05) is 0 Å². The van der Waals surface area contributed by atoms with Gasteiger partial charge in [0.1, 0.15) is 0 Å². The van der Waals surface area contributed by atoms with Crippen LogP contribution in [0.4, 0.5) is 0 Å². The average Bonchev–Trinajstić information content (AvgIpc) is 2.41. The molecule has 0 radical (unpaired) electrons. The Morgan fingerprint density at radius 2 is 1.80 bits per heavy atom. The van der Waals surface area contributed by atoms with Crippen LogP contribution in [0, 0.1) is 42.4 Å². The first-order valence-corrected chi connectivity index (χ1v) is 6.88. The maximum Gasteiger partial charge on any atom is 0.0745 e. The van der Waals surface area contributed by atoms with Crippen molar-refractivity contribution in [1.82, 2.24) is 0 Å². The molecule has 0 amide bonds. The third-order valence-electron chi connectivity index (χ3n) is 3.02. The molecule has 2 nitrogen and oxygen atoms in total. The van der Waals surface area contributed by atoms with Crippen LogP contribution < -0.4 is 0 Å². The fraction of sp³-hybridized carbons (Fsp3) is 0.556. The molecule has 0 spiro atoms. The second-order valence-electron chi connectivity index (χ2n) is 4.96. The van der Waals surface area contributed by atoms with Crippen LogP contribution in [-0.2, 0) is 0 Å². The molecule has 0 rings (SSSR count). The number of aliphatic hydroxyl groups is 2. The smallest absolute Gasteiger partial charge is 0.0745 e. The number of rotatable bonds is 8. The van der Waals surface area contributed by atoms with E-state index in [0.29, 0.717) is 32.1 Å². The van der Waals surface area contributed by atoms with Crippen molar-refractivity contribution in [2.45, 2.75) is 57.7 Å². The largest absolute Gasteiger partial charge is 0.392 e. The van der Waals surface area contributed by atoms with Gasteiger partial charge in [-0.05, 0) is 26.2 Å². The molecular formula is C18H24O2. The molecular weight excluding hydrogens is 248 g/mol. The van der Waals surface area contributed by atoms with Gasteiger partial charge in [0.25, 0.3) is 0 Å². The van der Waals surface area contributed by atoms with E-state index in [4.69, 9.17) is 12.8 Å². The van der Waals surface area contributed by atoms with Crippen molar-refractivity contribution in [2.24, 2.45) is 5.92 Å². The van der Waals surface area contributed by atoms with Gasteiger partial charge in [-0.25, -0.2) is 0 Å². The molecule has 0 aliphatic rings. The second-order valence-corrected chi connectivity index (χ2v) is 4.96. The SMILES string of the molecule is C#CCC(O)CCC#CCC(C#C)CCC(O)C(=C)C. The fourth-order valence-electron chi connectivity index (χ4n) is 1.61. The zero-order chi connectivity index (χ0) is 15.4. The van der Waals surface area contributed by atoms with Crippen molar-refractivity contribution in [3.8, 4) is 36.5 Å². The van der Waals surface area contributed by atoms with Crippen LogP contribution in [0.3, 0.4) is 0 Å². The monoisotopic (exact) mass is 272 g/mol. The Kier molecular flexibility index (Phi) is 10.3. The Morgan fingerprint density at radius 1 is 1.10 bits per heavy atom. The molecule has 0 saturated carbocycles. The molecule has 0 heterocycles. The second kappa shape index (κ2) is 11.2. The fourth-order valence-corrected chi connectivity index (χ4v) is 1.61. The summed E-state index contributed by atoms with van der Waals surface area (Å²) in [5, 5.41) is 19.1. The minimum absolute atomic E-state index is 0.0483. The third kappa shape index (κ3) is 9.29. The quantitative estimate of drug-likeness (QED) is 0.526. The van der Waals surface area contributed by atoms with Gasteiger partial charge in [-0.15, -0.1) is 36.5 Å². The van der Waals surface area contributed by atoms with Gasteiger partial charge in [-0.3, -0.25) is 0 Å². The highest BCUT2D eigenvalue weighted by Crippen LogP contribution is 2.14. The molecule has 0 aliphatic heterocycles. The van der Waals surface area contributed by atoms with E-state index in [9.17, 15) is 10.2 Å². The summed E-state index contributed by atoms with van der Waals surface area (Å²) >= 11 is 0. The van der Waals surface area contributed by atoms with E-state index >= 15 is 0 Å². The Hall–Kier alpha value is -1.66. The van der Waals surface area contributed by atoms with E-state index < -0.39 is 12.2 Å². The first-order valence-electron chi connectivity index (χ1n) is 6.88. The third-order valence-corrected chi connectivity index (χ3v) is 3.02. The molecule has 20 heavy (non-hydrogen) atoms. The first kappa shape index (κ1) is 18.3. The molecule has 3 unspecified atom stereocenters. The summed E-state index contributed by atoms with van der Waals surface area (Å²) in [6, 6.07) is 0. The topological polar surface area (TPSA) is 40.5 Å². The highest BCUT2D eigenvalue weighted by Gasteiger charge is 2.09. The minimum atomic E-state index is -0.488. The lowest BCUT2D eigenvalue weighted by atomic mass is 9.96. The van der Waals surface area contributed by atoms with Gasteiger partial charge in [0.2, 0.25) is 0 Å². The Morgan fingerprint density at radius 3 is 2.35 bits per heavy atom. The van der Waals surface area contributed by atoms with Crippen molar-refractivity contribution in [1.29, 1.82) is 0 Å². The highest BCUT2D eigenvalue weighted by atomic mass is 16.3. The van der Waals surface area contributed by atoms with Gasteiger partial charge in [-0.2, -0.15) is 0 Å². The van der Waals surface area contributed by atoms with Crippen LogP contribution in [0.15, 0.2) is 12.2 Å². The van der Waals surface area contributed by atoms with E-state index in [0.717, 1.165) is 12.0 Å². The number of terminal acetylenes is 2. The molecule has 3 atom stereocenters. The maximum atomic E-state index is 9.64. The maximum absolute atomic E-state index is 9.64. The van der Waals surface area contributed by atoms with E-state index in [1.165, 1.54) is 0 Å². The summed E-state index contributed by atoms with van der Waals surface area (Å²) in [5.41, 5.74) is 0.759. The van der Waals surface area contributed by atoms with Crippen LogP contribution in [0.1, 0.15) is 45.4 Å². The van der Waals surface area contributed by atoms with E-state index in [1.54, 1.807) is 6.92 Å². The van der Waals surface area contributed by atoms with Gasteiger partial charge < -0.3 is 10.2 Å². The van der Waals surface area contributed by atoms with Crippen molar-refractivity contribution < 1.29 is 10.2 Å². The summed E-state index contributed by atoms with van der Waals surface area (Å²) in [7, 11) is 0. The van der Waals surface area contributed by atoms with Crippen LogP contribution in [0.5, 0.6) is 0 Å². The van der Waals surface area contributed by atoms with Crippen molar-refractivity contribution in [3.63, 3.8) is 0 Å². The minimum Gasteiger partial charge on any atom is -0.392 e. The van der Waals surface area contributed by atoms with Crippen molar-refractivity contribution in [3.05, 3.63) is 12.2 Å². The molecule has 0 aromatic heterocycles. The normalized spacial score (nSPS) is 14.1. The van der Waals surface area contributed by atoms with E-state index in [-0.39, 0.29) is 5.92 Å². The average molecular weight is 272 g/mol. The zero-order valence-corrected chi connectivity index (χ0v) is 12.2. The molecule has 0 aromatic rings. The Bertz CT molecular complexity index is 425. The summed E-state index contributed by atoms with van der Waals surface area (Å²) < 4.78 is 0. The Labute approximate surface area is 123 Å². The van der Waals surface area contributed by atoms with Gasteiger partial charge in [0.05, 0.1) is 12.2 Å². The van der Waals surface area contributed by atoms with Crippen LogP contribution >= 0.6 is 0 Å². The molecule has 0 fully saturated rings. The number of hydrogen-bond acceptors (Lipinski definition) is 2. The van der Waals surface area contributed by atoms with Crippen molar-refractivity contribution in [2.75, 3.05) is 0 Å². The highest BCUT2D eigenvalue weighted by molar-refractivity contribution is 5.07. The molecule has 0 aliphatic carbocycles. The molecule has 0 bridgehead atoms. The zero-order valence-electron chi connectivity index (χ0n) is 12.2. The van der Waals surface area contributed by atoms with Crippen molar-refractivity contribution >= 4 is 0 Å².